The molecule has 0 spiro atoms. The lowest BCUT2D eigenvalue weighted by atomic mass is 10.1. The van der Waals surface area contributed by atoms with Crippen LogP contribution >= 0.6 is 0 Å². The number of nitrogens with zero attached hydrogens (tertiary/aromatic N) is 3. The van der Waals surface area contributed by atoms with Crippen molar-refractivity contribution in [3.8, 4) is 0 Å². The number of hydrogen-bond acceptors (Lipinski definition) is 3. The lowest BCUT2D eigenvalue weighted by molar-refractivity contribution is 0.355. The van der Waals surface area contributed by atoms with E-state index in [-0.39, 0.29) is 5.54 Å². The number of aromatic nitrogens is 3. The molecule has 0 radical (unpaired) electrons. The molecule has 1 N–H and O–H groups in total. The zero-order chi connectivity index (χ0) is 14.9. The monoisotopic (exact) mass is 280 g/mol. The summed E-state index contributed by atoms with van der Waals surface area (Å²) in [6.07, 6.45) is 5.83. The van der Waals surface area contributed by atoms with Crippen LogP contribution in [0.3, 0.4) is 0 Å². The number of fused-ring (bicyclic) bond motifs is 1. The normalized spacial score (nSPS) is 11.8. The zero-order valence-corrected chi connectivity index (χ0v) is 12.7. The third kappa shape index (κ3) is 2.89. The molecule has 3 rings (SSSR count). The van der Waals surface area contributed by atoms with Gasteiger partial charge in [-0.05, 0) is 32.9 Å². The van der Waals surface area contributed by atoms with E-state index in [1.807, 2.05) is 29.2 Å². The second-order valence-electron chi connectivity index (χ2n) is 6.20. The zero-order valence-electron chi connectivity index (χ0n) is 12.7. The summed E-state index contributed by atoms with van der Waals surface area (Å²) in [6.45, 7) is 7.18. The molecule has 0 bridgehead atoms. The third-order valence-corrected chi connectivity index (χ3v) is 3.44. The SMILES string of the molecule is CC(C)(C)n1cc(CNc2cccc3cccnc23)cn1. The van der Waals surface area contributed by atoms with Crippen molar-refractivity contribution in [3.05, 3.63) is 54.5 Å². The Morgan fingerprint density at radius 2 is 1.95 bits per heavy atom. The van der Waals surface area contributed by atoms with Gasteiger partial charge in [-0.3, -0.25) is 9.67 Å². The summed E-state index contributed by atoms with van der Waals surface area (Å²) in [7, 11) is 0. The predicted octanol–water partition coefficient (Wildman–Crippen LogP) is 3.80. The molecule has 2 aromatic heterocycles. The fraction of sp³-hybridized carbons (Fsp3) is 0.294. The molecule has 0 aliphatic heterocycles. The molecular weight excluding hydrogens is 260 g/mol. The molecule has 4 heteroatoms. The van der Waals surface area contributed by atoms with Gasteiger partial charge in [0.1, 0.15) is 0 Å². The minimum absolute atomic E-state index is 0.0131. The van der Waals surface area contributed by atoms with Gasteiger partial charge in [-0.15, -0.1) is 0 Å². The maximum Gasteiger partial charge on any atom is 0.0933 e. The Bertz CT molecular complexity index is 747. The van der Waals surface area contributed by atoms with Gasteiger partial charge in [0.05, 0.1) is 22.9 Å². The van der Waals surface area contributed by atoms with Crippen molar-refractivity contribution >= 4 is 16.6 Å². The Morgan fingerprint density at radius 1 is 1.14 bits per heavy atom. The summed E-state index contributed by atoms with van der Waals surface area (Å²) >= 11 is 0. The highest BCUT2D eigenvalue weighted by Gasteiger charge is 2.13. The van der Waals surface area contributed by atoms with E-state index in [9.17, 15) is 0 Å². The maximum absolute atomic E-state index is 4.45. The van der Waals surface area contributed by atoms with E-state index >= 15 is 0 Å². The highest BCUT2D eigenvalue weighted by molar-refractivity contribution is 5.90. The van der Waals surface area contributed by atoms with Crippen LogP contribution < -0.4 is 5.32 Å². The highest BCUT2D eigenvalue weighted by Crippen LogP contribution is 2.21. The second-order valence-corrected chi connectivity index (χ2v) is 6.20. The van der Waals surface area contributed by atoms with Crippen molar-refractivity contribution in [1.29, 1.82) is 0 Å². The van der Waals surface area contributed by atoms with E-state index in [0.717, 1.165) is 28.7 Å². The van der Waals surface area contributed by atoms with E-state index in [0.29, 0.717) is 0 Å². The van der Waals surface area contributed by atoms with Crippen molar-refractivity contribution in [2.45, 2.75) is 32.9 Å². The Labute approximate surface area is 124 Å². The average molecular weight is 280 g/mol. The molecule has 0 amide bonds. The van der Waals surface area contributed by atoms with Gasteiger partial charge < -0.3 is 5.32 Å². The number of nitrogens with one attached hydrogen (secondary N) is 1. The van der Waals surface area contributed by atoms with E-state index in [4.69, 9.17) is 0 Å². The van der Waals surface area contributed by atoms with Gasteiger partial charge >= 0.3 is 0 Å². The maximum atomic E-state index is 4.45. The standard InChI is InChI=1S/C17H20N4/c1-17(2,3)21-12-13(11-20-21)10-19-15-8-4-6-14-7-5-9-18-16(14)15/h4-9,11-12,19H,10H2,1-3H3. The van der Waals surface area contributed by atoms with Crippen LogP contribution in [0.15, 0.2) is 48.9 Å². The van der Waals surface area contributed by atoms with Crippen molar-refractivity contribution in [2.75, 3.05) is 5.32 Å². The summed E-state index contributed by atoms with van der Waals surface area (Å²) in [5, 5.41) is 9.02. The molecular formula is C17H20N4. The Hall–Kier alpha value is -2.36. The molecule has 0 atom stereocenters. The van der Waals surface area contributed by atoms with Gasteiger partial charge in [0.15, 0.2) is 0 Å². The summed E-state index contributed by atoms with van der Waals surface area (Å²) in [5.74, 6) is 0. The molecule has 2 heterocycles. The molecule has 108 valence electrons. The summed E-state index contributed by atoms with van der Waals surface area (Å²) < 4.78 is 1.99. The number of benzene rings is 1. The van der Waals surface area contributed by atoms with Gasteiger partial charge in [-0.2, -0.15) is 5.10 Å². The van der Waals surface area contributed by atoms with Crippen LogP contribution in [0.1, 0.15) is 26.3 Å². The molecule has 0 aliphatic carbocycles. The minimum atomic E-state index is 0.0131. The fourth-order valence-electron chi connectivity index (χ4n) is 2.26. The van der Waals surface area contributed by atoms with Crippen LogP contribution in [-0.4, -0.2) is 14.8 Å². The Kier molecular flexibility index (Phi) is 3.37. The van der Waals surface area contributed by atoms with E-state index < -0.39 is 0 Å². The highest BCUT2D eigenvalue weighted by atomic mass is 15.3. The first kappa shape index (κ1) is 13.6. The molecule has 4 nitrogen and oxygen atoms in total. The van der Waals surface area contributed by atoms with E-state index in [2.05, 4.69) is 60.6 Å². The van der Waals surface area contributed by atoms with Crippen molar-refractivity contribution < 1.29 is 0 Å². The predicted molar refractivity (Wildman–Crippen MR) is 86.3 cm³/mol. The van der Waals surface area contributed by atoms with Crippen LogP contribution in [0, 0.1) is 0 Å². The van der Waals surface area contributed by atoms with E-state index in [1.54, 1.807) is 0 Å². The molecule has 3 aromatic rings. The lowest BCUT2D eigenvalue weighted by Gasteiger charge is -2.18. The molecule has 0 unspecified atom stereocenters. The average Bonchev–Trinajstić information content (AvgIpc) is 2.94. The van der Waals surface area contributed by atoms with Crippen molar-refractivity contribution in [3.63, 3.8) is 0 Å². The number of anilines is 1. The summed E-state index contributed by atoms with van der Waals surface area (Å²) in [5.41, 5.74) is 3.23. The summed E-state index contributed by atoms with van der Waals surface area (Å²) in [4.78, 5) is 4.45. The van der Waals surface area contributed by atoms with Crippen LogP contribution in [0.25, 0.3) is 10.9 Å². The van der Waals surface area contributed by atoms with E-state index in [1.165, 1.54) is 0 Å². The van der Waals surface area contributed by atoms with Gasteiger partial charge in [-0.1, -0.05) is 18.2 Å². The minimum Gasteiger partial charge on any atom is -0.379 e. The third-order valence-electron chi connectivity index (χ3n) is 3.44. The van der Waals surface area contributed by atoms with Crippen LogP contribution in [-0.2, 0) is 12.1 Å². The number of rotatable bonds is 3. The molecule has 1 aromatic carbocycles. The Balaban J connectivity index is 1.79. The number of pyridine rings is 1. The Morgan fingerprint density at radius 3 is 2.71 bits per heavy atom. The van der Waals surface area contributed by atoms with Gasteiger partial charge in [0, 0.05) is 29.9 Å². The second kappa shape index (κ2) is 5.20. The molecule has 21 heavy (non-hydrogen) atoms. The largest absolute Gasteiger partial charge is 0.379 e. The molecule has 0 saturated carbocycles. The molecule has 0 fully saturated rings. The number of para-hydroxylation sites is 1. The lowest BCUT2D eigenvalue weighted by Crippen LogP contribution is -2.21. The molecule has 0 saturated heterocycles. The quantitative estimate of drug-likeness (QED) is 0.793. The topological polar surface area (TPSA) is 42.7 Å². The first-order valence-corrected chi connectivity index (χ1v) is 7.16. The van der Waals surface area contributed by atoms with Crippen LogP contribution in [0.5, 0.6) is 0 Å². The fourth-order valence-corrected chi connectivity index (χ4v) is 2.26. The smallest absolute Gasteiger partial charge is 0.0933 e. The first-order valence-electron chi connectivity index (χ1n) is 7.16. The summed E-state index contributed by atoms with van der Waals surface area (Å²) in [6, 6.07) is 10.2. The van der Waals surface area contributed by atoms with Crippen molar-refractivity contribution in [1.82, 2.24) is 14.8 Å². The van der Waals surface area contributed by atoms with Gasteiger partial charge in [0.2, 0.25) is 0 Å². The van der Waals surface area contributed by atoms with Crippen LogP contribution in [0.2, 0.25) is 0 Å². The number of hydrogen-bond donors (Lipinski definition) is 1. The van der Waals surface area contributed by atoms with Crippen molar-refractivity contribution in [2.24, 2.45) is 0 Å². The first-order chi connectivity index (χ1) is 10.0. The van der Waals surface area contributed by atoms with Gasteiger partial charge in [-0.25, -0.2) is 0 Å². The van der Waals surface area contributed by atoms with Crippen LogP contribution in [0.4, 0.5) is 5.69 Å². The van der Waals surface area contributed by atoms with Gasteiger partial charge in [0.25, 0.3) is 0 Å². The molecule has 0 aliphatic rings.